The van der Waals surface area contributed by atoms with Crippen LogP contribution in [0.3, 0.4) is 0 Å². The molecule has 0 atom stereocenters. The fourth-order valence-electron chi connectivity index (χ4n) is 6.75. The maximum absolute atomic E-state index is 2.40. The van der Waals surface area contributed by atoms with Crippen LogP contribution in [0, 0.1) is 0 Å². The van der Waals surface area contributed by atoms with Crippen molar-refractivity contribution >= 4 is 70.1 Å². The normalized spacial score (nSPS) is 11.5. The average molecular weight is 604 g/mol. The summed E-state index contributed by atoms with van der Waals surface area (Å²) in [7, 11) is 0. The van der Waals surface area contributed by atoms with Crippen LogP contribution < -0.4 is 4.90 Å². The first-order chi connectivity index (χ1) is 22.8. The van der Waals surface area contributed by atoms with E-state index in [2.05, 4.69) is 181 Å². The van der Waals surface area contributed by atoms with Crippen LogP contribution in [-0.4, -0.2) is 0 Å². The lowest BCUT2D eigenvalue weighted by Crippen LogP contribution is -2.10. The highest BCUT2D eigenvalue weighted by atomic mass is 32.1. The molecule has 8 aromatic carbocycles. The van der Waals surface area contributed by atoms with Gasteiger partial charge in [-0.05, 0) is 98.4 Å². The van der Waals surface area contributed by atoms with Crippen LogP contribution in [0.1, 0.15) is 0 Å². The van der Waals surface area contributed by atoms with Crippen LogP contribution in [0.4, 0.5) is 17.1 Å². The number of hydrogen-bond acceptors (Lipinski definition) is 2. The molecule has 0 saturated carbocycles. The highest BCUT2D eigenvalue weighted by Crippen LogP contribution is 2.43. The first kappa shape index (κ1) is 26.7. The zero-order valence-corrected chi connectivity index (χ0v) is 25.9. The predicted octanol–water partition coefficient (Wildman–Crippen LogP) is 13.2. The van der Waals surface area contributed by atoms with Gasteiger partial charge in [0.1, 0.15) is 0 Å². The quantitative estimate of drug-likeness (QED) is 0.189. The molecule has 1 heterocycles. The SMILES string of the molecule is c1ccc(-c2ccc(N(c3cccc(-c4ccc5ccccc5c4)c3)c3ccc4sc5ccc6ccccc6c5c4c3)cc2)cc1. The number of benzene rings is 8. The van der Waals surface area contributed by atoms with E-state index in [0.29, 0.717) is 0 Å². The number of hydrogen-bond donors (Lipinski definition) is 0. The molecular formula is C44H29NS. The average Bonchev–Trinajstić information content (AvgIpc) is 3.51. The van der Waals surface area contributed by atoms with E-state index in [1.54, 1.807) is 0 Å². The van der Waals surface area contributed by atoms with E-state index < -0.39 is 0 Å². The molecule has 0 saturated heterocycles. The smallest absolute Gasteiger partial charge is 0.0468 e. The van der Waals surface area contributed by atoms with Crippen LogP contribution in [0.5, 0.6) is 0 Å². The Morgan fingerprint density at radius 2 is 0.935 bits per heavy atom. The Hall–Kier alpha value is -5.70. The molecule has 0 amide bonds. The fourth-order valence-corrected chi connectivity index (χ4v) is 7.85. The lowest BCUT2D eigenvalue weighted by atomic mass is 10.00. The summed E-state index contributed by atoms with van der Waals surface area (Å²) in [5.41, 5.74) is 8.23. The van der Waals surface area contributed by atoms with Gasteiger partial charge >= 0.3 is 0 Å². The molecule has 216 valence electrons. The van der Waals surface area contributed by atoms with Crippen molar-refractivity contribution in [1.29, 1.82) is 0 Å². The molecule has 0 spiro atoms. The van der Waals surface area contributed by atoms with Gasteiger partial charge < -0.3 is 4.90 Å². The van der Waals surface area contributed by atoms with Gasteiger partial charge in [-0.2, -0.15) is 0 Å². The van der Waals surface area contributed by atoms with E-state index in [4.69, 9.17) is 0 Å². The predicted molar refractivity (Wildman–Crippen MR) is 200 cm³/mol. The molecule has 0 radical (unpaired) electrons. The molecule has 0 bridgehead atoms. The lowest BCUT2D eigenvalue weighted by Gasteiger charge is -2.26. The van der Waals surface area contributed by atoms with Gasteiger partial charge in [0.15, 0.2) is 0 Å². The van der Waals surface area contributed by atoms with Gasteiger partial charge in [0.2, 0.25) is 0 Å². The van der Waals surface area contributed by atoms with Crippen molar-refractivity contribution in [3.05, 3.63) is 176 Å². The zero-order valence-electron chi connectivity index (χ0n) is 25.1. The molecule has 9 aromatic rings. The van der Waals surface area contributed by atoms with Crippen molar-refractivity contribution in [2.45, 2.75) is 0 Å². The van der Waals surface area contributed by atoms with E-state index in [1.165, 1.54) is 64.0 Å². The second kappa shape index (κ2) is 11.0. The van der Waals surface area contributed by atoms with Crippen LogP contribution in [0.2, 0.25) is 0 Å². The van der Waals surface area contributed by atoms with Gasteiger partial charge in [0.05, 0.1) is 0 Å². The van der Waals surface area contributed by atoms with Crippen molar-refractivity contribution in [1.82, 2.24) is 0 Å². The van der Waals surface area contributed by atoms with Crippen molar-refractivity contribution in [3.63, 3.8) is 0 Å². The third-order valence-electron chi connectivity index (χ3n) is 9.02. The highest BCUT2D eigenvalue weighted by Gasteiger charge is 2.17. The van der Waals surface area contributed by atoms with Crippen molar-refractivity contribution in [2.75, 3.05) is 4.90 Å². The maximum Gasteiger partial charge on any atom is 0.0468 e. The zero-order chi connectivity index (χ0) is 30.5. The summed E-state index contributed by atoms with van der Waals surface area (Å²) in [4.78, 5) is 2.40. The summed E-state index contributed by atoms with van der Waals surface area (Å²) >= 11 is 1.87. The third-order valence-corrected chi connectivity index (χ3v) is 10.2. The van der Waals surface area contributed by atoms with E-state index in [1.807, 2.05) is 11.3 Å². The Balaban J connectivity index is 1.23. The Morgan fingerprint density at radius 3 is 1.80 bits per heavy atom. The minimum absolute atomic E-state index is 1.12. The minimum atomic E-state index is 1.12. The molecule has 0 fully saturated rings. The molecule has 0 N–H and O–H groups in total. The summed E-state index contributed by atoms with van der Waals surface area (Å²) in [5, 5.41) is 7.72. The monoisotopic (exact) mass is 603 g/mol. The summed E-state index contributed by atoms with van der Waals surface area (Å²) in [6, 6.07) is 64.0. The molecule has 9 rings (SSSR count). The Morgan fingerprint density at radius 1 is 0.326 bits per heavy atom. The van der Waals surface area contributed by atoms with Crippen molar-refractivity contribution in [2.24, 2.45) is 0 Å². The summed E-state index contributed by atoms with van der Waals surface area (Å²) in [6.45, 7) is 0. The topological polar surface area (TPSA) is 3.24 Å². The second-order valence-corrected chi connectivity index (χ2v) is 12.9. The molecule has 1 aromatic heterocycles. The molecule has 0 aliphatic heterocycles. The second-order valence-electron chi connectivity index (χ2n) is 11.8. The van der Waals surface area contributed by atoms with Crippen LogP contribution in [0.25, 0.3) is 64.0 Å². The van der Waals surface area contributed by atoms with E-state index in [0.717, 1.165) is 17.1 Å². The Bertz CT molecular complexity index is 2530. The largest absolute Gasteiger partial charge is 0.310 e. The van der Waals surface area contributed by atoms with Gasteiger partial charge in [-0.15, -0.1) is 11.3 Å². The van der Waals surface area contributed by atoms with E-state index in [-0.39, 0.29) is 0 Å². The highest BCUT2D eigenvalue weighted by molar-refractivity contribution is 7.26. The van der Waals surface area contributed by atoms with Gasteiger partial charge in [-0.25, -0.2) is 0 Å². The minimum Gasteiger partial charge on any atom is -0.310 e. The molecule has 2 heteroatoms. The summed E-state index contributed by atoms with van der Waals surface area (Å²) in [6.07, 6.45) is 0. The molecule has 0 unspecified atom stereocenters. The van der Waals surface area contributed by atoms with Gasteiger partial charge in [0.25, 0.3) is 0 Å². The molecule has 0 aliphatic rings. The number of nitrogens with zero attached hydrogens (tertiary/aromatic N) is 1. The molecule has 1 nitrogen and oxygen atoms in total. The van der Waals surface area contributed by atoms with Crippen molar-refractivity contribution in [3.8, 4) is 22.3 Å². The van der Waals surface area contributed by atoms with Crippen molar-refractivity contribution < 1.29 is 0 Å². The number of fused-ring (bicyclic) bond motifs is 6. The van der Waals surface area contributed by atoms with Crippen LogP contribution in [-0.2, 0) is 0 Å². The van der Waals surface area contributed by atoms with Gasteiger partial charge in [-0.1, -0.05) is 121 Å². The molecule has 46 heavy (non-hydrogen) atoms. The summed E-state index contributed by atoms with van der Waals surface area (Å²) < 4.78 is 2.63. The lowest BCUT2D eigenvalue weighted by molar-refractivity contribution is 1.29. The van der Waals surface area contributed by atoms with Gasteiger partial charge in [-0.3, -0.25) is 0 Å². The Kier molecular flexibility index (Phi) is 6.40. The first-order valence-electron chi connectivity index (χ1n) is 15.7. The summed E-state index contributed by atoms with van der Waals surface area (Å²) in [5.74, 6) is 0. The van der Waals surface area contributed by atoms with Gasteiger partial charge in [0, 0.05) is 37.2 Å². The molecule has 0 aliphatic carbocycles. The number of rotatable bonds is 5. The van der Waals surface area contributed by atoms with E-state index in [9.17, 15) is 0 Å². The maximum atomic E-state index is 2.40. The standard InChI is InChI=1S/C44H29NS/c1-2-9-30(10-3-1)32-19-22-37(23-20-32)45(38-15-8-14-35(28-38)36-18-17-31-11-4-5-13-34(31)27-36)39-24-26-42-41(29-39)44-40-16-7-6-12-33(40)21-25-43(44)46-42/h1-29H. The number of anilines is 3. The third kappa shape index (κ3) is 4.63. The Labute approximate surface area is 272 Å². The van der Waals surface area contributed by atoms with Crippen LogP contribution in [0.15, 0.2) is 176 Å². The number of thiophene rings is 1. The van der Waals surface area contributed by atoms with E-state index >= 15 is 0 Å². The van der Waals surface area contributed by atoms with Crippen LogP contribution >= 0.6 is 11.3 Å². The first-order valence-corrected chi connectivity index (χ1v) is 16.5. The molecular weight excluding hydrogens is 575 g/mol. The fraction of sp³-hybridized carbons (Fsp3) is 0.